The number of methoxy groups -OCH3 is 1. The minimum absolute atomic E-state index is 0.176. The molecule has 0 aliphatic carbocycles. The number of ether oxygens (including phenoxy) is 2. The Morgan fingerprint density at radius 1 is 1.05 bits per heavy atom. The molecule has 0 saturated carbocycles. The van der Waals surface area contributed by atoms with Gasteiger partial charge in [-0.15, -0.1) is 0 Å². The summed E-state index contributed by atoms with van der Waals surface area (Å²) in [6.07, 6.45) is -4.96. The molecule has 0 saturated heterocycles. The average molecular weight is 629 g/mol. The third-order valence-corrected chi connectivity index (χ3v) is 6.13. The zero-order valence-electron chi connectivity index (χ0n) is 22.7. The molecule has 0 atom stereocenters. The van der Waals surface area contributed by atoms with E-state index in [0.717, 1.165) is 61.3 Å². The van der Waals surface area contributed by atoms with E-state index in [-0.39, 0.29) is 29.3 Å². The van der Waals surface area contributed by atoms with E-state index in [2.05, 4.69) is 20.4 Å². The van der Waals surface area contributed by atoms with Crippen molar-refractivity contribution in [1.29, 1.82) is 0 Å². The molecule has 0 aliphatic rings. The van der Waals surface area contributed by atoms with Crippen molar-refractivity contribution in [1.82, 2.24) is 14.3 Å². The number of hydrogen-bond donors (Lipinski definition) is 3. The van der Waals surface area contributed by atoms with E-state index < -0.39 is 71.0 Å². The molecule has 2 heterocycles. The minimum atomic E-state index is -4.96. The summed E-state index contributed by atoms with van der Waals surface area (Å²) in [7, 11) is 2.23. The number of amides is 1. The van der Waals surface area contributed by atoms with Crippen LogP contribution in [-0.4, -0.2) is 52.2 Å². The summed E-state index contributed by atoms with van der Waals surface area (Å²) in [6, 6.07) is 7.30. The van der Waals surface area contributed by atoms with Gasteiger partial charge in [-0.05, 0) is 36.4 Å². The molecule has 0 spiro atoms. The highest BCUT2D eigenvalue weighted by atomic mass is 19.4. The quantitative estimate of drug-likeness (QED) is 0.216. The molecule has 4 rings (SSSR count). The molecule has 0 aliphatic heterocycles. The number of aliphatic hydroxyl groups is 1. The smallest absolute Gasteiger partial charge is 0.433 e. The molecule has 44 heavy (non-hydrogen) atoms. The van der Waals surface area contributed by atoms with Gasteiger partial charge in [-0.25, -0.2) is 13.8 Å². The van der Waals surface area contributed by atoms with Crippen LogP contribution < -0.4 is 25.7 Å². The average Bonchev–Trinajstić information content (AvgIpc) is 3.19. The normalized spacial score (nSPS) is 11.5. The van der Waals surface area contributed by atoms with Gasteiger partial charge in [-0.2, -0.15) is 26.6 Å². The molecule has 1 amide bonds. The number of aliphatic hydroxyl groups excluding tert-OH is 1. The van der Waals surface area contributed by atoms with Gasteiger partial charge < -0.3 is 25.2 Å². The van der Waals surface area contributed by atoms with Gasteiger partial charge in [0.25, 0.3) is 11.5 Å². The molecular weight excluding hydrogens is 607 g/mol. The number of hydrogen-bond acceptors (Lipinski definition) is 7. The first-order chi connectivity index (χ1) is 20.8. The predicted octanol–water partition coefficient (Wildman–Crippen LogP) is 4.80. The maximum absolute atomic E-state index is 15.3. The van der Waals surface area contributed by atoms with Crippen LogP contribution in [0, 0.1) is 11.6 Å². The zero-order chi connectivity index (χ0) is 32.3. The third kappa shape index (κ3) is 6.46. The van der Waals surface area contributed by atoms with E-state index in [0.29, 0.717) is 10.7 Å². The van der Waals surface area contributed by atoms with Crippen LogP contribution >= 0.6 is 0 Å². The number of anilines is 2. The van der Waals surface area contributed by atoms with Crippen LogP contribution in [0.5, 0.6) is 11.5 Å². The number of carbonyl (C=O) groups excluding carboxylic acids is 1. The second-order valence-electron chi connectivity index (χ2n) is 8.90. The van der Waals surface area contributed by atoms with Crippen LogP contribution in [0.25, 0.3) is 17.1 Å². The first-order valence-electron chi connectivity index (χ1n) is 12.4. The van der Waals surface area contributed by atoms with Crippen molar-refractivity contribution in [2.45, 2.75) is 12.8 Å². The Bertz CT molecular complexity index is 1710. The van der Waals surface area contributed by atoms with Gasteiger partial charge in [0.1, 0.15) is 40.2 Å². The van der Waals surface area contributed by atoms with Crippen molar-refractivity contribution >= 4 is 17.3 Å². The molecule has 2 aromatic heterocycles. The van der Waals surface area contributed by atoms with E-state index >= 15 is 8.78 Å². The summed E-state index contributed by atoms with van der Waals surface area (Å²) < 4.78 is 107. The Labute approximate surface area is 243 Å². The monoisotopic (exact) mass is 629 g/mol. The Balaban J connectivity index is 1.96. The molecular formula is C27H22F7N5O5. The highest BCUT2D eigenvalue weighted by Crippen LogP contribution is 2.36. The number of aromatic nitrogens is 3. The standard InChI is InChI=1S/C27H22F7N5O5/c1-38-22(20-16(28)11-15(43-2)12-17(20)29)21(37-24(41)13-3-5-14(6-4-13)44-26(30)31)25(42)39(38)23-18(35-9-10-40)7-8-19(36-23)27(32,33)34/h3-8,11-12,26,35,40H,9-10H2,1-2H3,(H,37,41). The number of nitrogens with one attached hydrogen (secondary N) is 2. The Morgan fingerprint density at radius 3 is 2.23 bits per heavy atom. The Hall–Kier alpha value is -5.06. The van der Waals surface area contributed by atoms with Crippen LogP contribution in [-0.2, 0) is 13.2 Å². The van der Waals surface area contributed by atoms with Crippen LogP contribution in [0.2, 0.25) is 0 Å². The van der Waals surface area contributed by atoms with Crippen molar-refractivity contribution < 1.29 is 50.1 Å². The minimum Gasteiger partial charge on any atom is -0.497 e. The Morgan fingerprint density at radius 2 is 1.68 bits per heavy atom. The van der Waals surface area contributed by atoms with E-state index in [1.807, 2.05) is 0 Å². The summed E-state index contributed by atoms with van der Waals surface area (Å²) in [5.41, 5.74) is -5.27. The van der Waals surface area contributed by atoms with Crippen molar-refractivity contribution in [2.24, 2.45) is 7.05 Å². The van der Waals surface area contributed by atoms with Crippen LogP contribution in [0.4, 0.5) is 42.1 Å². The third-order valence-electron chi connectivity index (χ3n) is 6.13. The van der Waals surface area contributed by atoms with Crippen LogP contribution in [0.3, 0.4) is 0 Å². The molecule has 10 nitrogen and oxygen atoms in total. The second-order valence-corrected chi connectivity index (χ2v) is 8.90. The van der Waals surface area contributed by atoms with Crippen molar-refractivity contribution in [2.75, 3.05) is 30.9 Å². The summed E-state index contributed by atoms with van der Waals surface area (Å²) in [4.78, 5) is 30.5. The number of nitrogens with zero attached hydrogens (tertiary/aromatic N) is 3. The summed E-state index contributed by atoms with van der Waals surface area (Å²) in [5, 5.41) is 14.1. The number of pyridine rings is 1. The SMILES string of the molecule is COc1cc(F)c(-c2c(NC(=O)c3ccc(OC(F)F)cc3)c(=O)n(-c3nc(C(F)(F)F)ccc3NCCO)n2C)c(F)c1. The number of alkyl halides is 5. The lowest BCUT2D eigenvalue weighted by atomic mass is 10.1. The van der Waals surface area contributed by atoms with Gasteiger partial charge in [0.2, 0.25) is 0 Å². The van der Waals surface area contributed by atoms with E-state index in [1.54, 1.807) is 0 Å². The fourth-order valence-electron chi connectivity index (χ4n) is 4.21. The van der Waals surface area contributed by atoms with E-state index in [1.165, 1.54) is 0 Å². The number of carbonyl (C=O) groups is 1. The van der Waals surface area contributed by atoms with Crippen LogP contribution in [0.15, 0.2) is 53.3 Å². The molecule has 4 aromatic rings. The molecule has 0 radical (unpaired) electrons. The van der Waals surface area contributed by atoms with Crippen molar-refractivity contribution in [3.8, 4) is 28.6 Å². The first kappa shape index (κ1) is 31.9. The number of rotatable bonds is 10. The largest absolute Gasteiger partial charge is 0.497 e. The number of benzene rings is 2. The maximum Gasteiger partial charge on any atom is 0.433 e. The van der Waals surface area contributed by atoms with Gasteiger partial charge in [-0.1, -0.05) is 0 Å². The Kier molecular flexibility index (Phi) is 9.17. The van der Waals surface area contributed by atoms with Crippen molar-refractivity contribution in [3.05, 3.63) is 81.8 Å². The van der Waals surface area contributed by atoms with Gasteiger partial charge >= 0.3 is 12.8 Å². The number of halogens is 7. The van der Waals surface area contributed by atoms with E-state index in [4.69, 9.17) is 4.74 Å². The van der Waals surface area contributed by atoms with Gasteiger partial charge in [0.15, 0.2) is 5.82 Å². The second kappa shape index (κ2) is 12.7. The lowest BCUT2D eigenvalue weighted by molar-refractivity contribution is -0.141. The van der Waals surface area contributed by atoms with Gasteiger partial charge in [0, 0.05) is 31.3 Å². The molecule has 0 unspecified atom stereocenters. The lowest BCUT2D eigenvalue weighted by Gasteiger charge is -2.16. The first-order valence-corrected chi connectivity index (χ1v) is 12.4. The maximum atomic E-state index is 15.3. The molecule has 3 N–H and O–H groups in total. The van der Waals surface area contributed by atoms with Crippen molar-refractivity contribution in [3.63, 3.8) is 0 Å². The van der Waals surface area contributed by atoms with Gasteiger partial charge in [0.05, 0.1) is 25.0 Å². The topological polar surface area (TPSA) is 120 Å². The van der Waals surface area contributed by atoms with Gasteiger partial charge in [-0.3, -0.25) is 14.3 Å². The van der Waals surface area contributed by atoms with Crippen LogP contribution in [0.1, 0.15) is 16.1 Å². The molecule has 234 valence electrons. The lowest BCUT2D eigenvalue weighted by Crippen LogP contribution is -2.26. The highest BCUT2D eigenvalue weighted by molar-refractivity contribution is 6.06. The summed E-state index contributed by atoms with van der Waals surface area (Å²) in [5.74, 6) is -4.76. The molecule has 0 fully saturated rings. The zero-order valence-corrected chi connectivity index (χ0v) is 22.7. The summed E-state index contributed by atoms with van der Waals surface area (Å²) >= 11 is 0. The predicted molar refractivity (Wildman–Crippen MR) is 142 cm³/mol. The fraction of sp³-hybridized carbons (Fsp3) is 0.222. The summed E-state index contributed by atoms with van der Waals surface area (Å²) in [6.45, 7) is -3.78. The van der Waals surface area contributed by atoms with E-state index in [9.17, 15) is 36.6 Å². The highest BCUT2D eigenvalue weighted by Gasteiger charge is 2.35. The molecule has 0 bridgehead atoms. The molecule has 17 heteroatoms. The fourth-order valence-corrected chi connectivity index (χ4v) is 4.21. The molecule has 2 aromatic carbocycles.